The average molecular weight is 423 g/mol. The monoisotopic (exact) mass is 422 g/mol. The molecule has 0 spiro atoms. The fraction of sp³-hybridized carbons (Fsp3) is 0.440. The summed E-state index contributed by atoms with van der Waals surface area (Å²) < 4.78 is 0. The zero-order valence-corrected chi connectivity index (χ0v) is 18.9. The Hall–Kier alpha value is -2.70. The number of para-hydroxylation sites is 1. The highest BCUT2D eigenvalue weighted by molar-refractivity contribution is 5.95. The van der Waals surface area contributed by atoms with Crippen LogP contribution in [0.25, 0.3) is 0 Å². The molecule has 1 aliphatic heterocycles. The lowest BCUT2D eigenvalue weighted by atomic mass is 10.0. The van der Waals surface area contributed by atoms with E-state index in [1.807, 2.05) is 56.3 Å². The summed E-state index contributed by atoms with van der Waals surface area (Å²) in [4.78, 5) is 32.1. The summed E-state index contributed by atoms with van der Waals surface area (Å²) in [6.07, 6.45) is 0.814. The minimum absolute atomic E-state index is 0.00673. The third-order valence-corrected chi connectivity index (χ3v) is 5.82. The molecule has 31 heavy (non-hydrogen) atoms. The Bertz CT molecular complexity index is 871. The van der Waals surface area contributed by atoms with Crippen molar-refractivity contribution in [3.63, 3.8) is 0 Å². The number of likely N-dealkylation sites (N-methyl/N-ethyl adjacent to an activating group) is 1. The van der Waals surface area contributed by atoms with Gasteiger partial charge in [0.2, 0.25) is 11.8 Å². The van der Waals surface area contributed by atoms with Gasteiger partial charge in [-0.25, -0.2) is 0 Å². The second kappa shape index (κ2) is 11.1. The molecule has 0 bridgehead atoms. The maximum absolute atomic E-state index is 13.2. The Morgan fingerprint density at radius 3 is 2.48 bits per heavy atom. The van der Waals surface area contributed by atoms with Gasteiger partial charge >= 0.3 is 0 Å². The smallest absolute Gasteiger partial charge is 0.244 e. The normalized spacial score (nSPS) is 17.3. The molecular weight excluding hydrogens is 388 g/mol. The number of anilines is 1. The predicted molar refractivity (Wildman–Crippen MR) is 125 cm³/mol. The van der Waals surface area contributed by atoms with Crippen molar-refractivity contribution < 1.29 is 9.59 Å². The van der Waals surface area contributed by atoms with Crippen LogP contribution in [-0.4, -0.2) is 72.8 Å². The molecule has 2 aromatic carbocycles. The van der Waals surface area contributed by atoms with E-state index in [1.165, 1.54) is 5.56 Å². The number of hydrogen-bond acceptors (Lipinski definition) is 4. The number of benzene rings is 2. The molecule has 1 heterocycles. The third kappa shape index (κ3) is 6.39. The van der Waals surface area contributed by atoms with E-state index in [0.29, 0.717) is 13.1 Å². The van der Waals surface area contributed by atoms with Crippen molar-refractivity contribution >= 4 is 17.5 Å². The molecule has 0 aliphatic carbocycles. The Kier molecular flexibility index (Phi) is 8.20. The molecular formula is C25H34N4O2. The molecule has 6 nitrogen and oxygen atoms in total. The standard InChI is InChI=1S/C25H34N4O2/c1-4-14-29(18-24(30)26-22-13-9-8-10-20(22)2)25(31)19-28-16-15-27(3)17-23(28)21-11-6-5-7-12-21/h5-13,23H,4,14-19H2,1-3H3,(H,26,30). The molecule has 166 valence electrons. The number of nitrogens with zero attached hydrogens (tertiary/aromatic N) is 3. The van der Waals surface area contributed by atoms with Crippen LogP contribution in [-0.2, 0) is 9.59 Å². The lowest BCUT2D eigenvalue weighted by molar-refractivity contribution is -0.136. The fourth-order valence-electron chi connectivity index (χ4n) is 4.05. The van der Waals surface area contributed by atoms with Crippen molar-refractivity contribution in [2.24, 2.45) is 0 Å². The van der Waals surface area contributed by atoms with Gasteiger partial charge in [0.25, 0.3) is 0 Å². The number of amides is 2. The van der Waals surface area contributed by atoms with Gasteiger partial charge in [-0.2, -0.15) is 0 Å². The van der Waals surface area contributed by atoms with Crippen molar-refractivity contribution in [1.82, 2.24) is 14.7 Å². The Morgan fingerprint density at radius 2 is 1.77 bits per heavy atom. The number of carbonyl (C=O) groups is 2. The second-order valence-electron chi connectivity index (χ2n) is 8.34. The average Bonchev–Trinajstić information content (AvgIpc) is 2.77. The second-order valence-corrected chi connectivity index (χ2v) is 8.34. The molecule has 2 amide bonds. The van der Waals surface area contributed by atoms with Crippen molar-refractivity contribution in [1.29, 1.82) is 0 Å². The summed E-state index contributed by atoms with van der Waals surface area (Å²) in [6, 6.07) is 18.2. The molecule has 1 unspecified atom stereocenters. The van der Waals surface area contributed by atoms with E-state index >= 15 is 0 Å². The minimum atomic E-state index is -0.158. The van der Waals surface area contributed by atoms with Gasteiger partial charge < -0.3 is 15.1 Å². The third-order valence-electron chi connectivity index (χ3n) is 5.82. The van der Waals surface area contributed by atoms with Crippen LogP contribution in [0.2, 0.25) is 0 Å². The topological polar surface area (TPSA) is 55.9 Å². The summed E-state index contributed by atoms with van der Waals surface area (Å²) in [5.41, 5.74) is 3.02. The van der Waals surface area contributed by atoms with E-state index < -0.39 is 0 Å². The summed E-state index contributed by atoms with van der Waals surface area (Å²) in [5, 5.41) is 2.94. The Labute approximate surface area is 185 Å². The van der Waals surface area contributed by atoms with Crippen molar-refractivity contribution in [3.8, 4) is 0 Å². The molecule has 1 saturated heterocycles. The molecule has 3 rings (SSSR count). The highest BCUT2D eigenvalue weighted by Crippen LogP contribution is 2.24. The van der Waals surface area contributed by atoms with Crippen molar-refractivity contribution in [3.05, 3.63) is 65.7 Å². The van der Waals surface area contributed by atoms with Gasteiger partial charge in [-0.15, -0.1) is 0 Å². The first-order valence-corrected chi connectivity index (χ1v) is 11.1. The SMILES string of the molecule is CCCN(CC(=O)Nc1ccccc1C)C(=O)CN1CCN(C)CC1c1ccccc1. The zero-order chi connectivity index (χ0) is 22.2. The highest BCUT2D eigenvalue weighted by Gasteiger charge is 2.29. The van der Waals surface area contributed by atoms with Crippen LogP contribution in [0, 0.1) is 6.92 Å². The van der Waals surface area contributed by atoms with E-state index in [1.54, 1.807) is 4.90 Å². The number of hydrogen-bond donors (Lipinski definition) is 1. The van der Waals surface area contributed by atoms with Gasteiger partial charge in [-0.1, -0.05) is 55.5 Å². The van der Waals surface area contributed by atoms with Crippen molar-refractivity contribution in [2.45, 2.75) is 26.3 Å². The largest absolute Gasteiger partial charge is 0.332 e. The van der Waals surface area contributed by atoms with Gasteiger partial charge in [0.05, 0.1) is 13.1 Å². The quantitative estimate of drug-likeness (QED) is 0.710. The van der Waals surface area contributed by atoms with Crippen LogP contribution < -0.4 is 5.32 Å². The summed E-state index contributed by atoms with van der Waals surface area (Å²) in [6.45, 7) is 7.61. The summed E-state index contributed by atoms with van der Waals surface area (Å²) in [7, 11) is 2.12. The molecule has 1 atom stereocenters. The van der Waals surface area contributed by atoms with Gasteiger partial charge in [0.15, 0.2) is 0 Å². The summed E-state index contributed by atoms with van der Waals surface area (Å²) in [5.74, 6) is -0.152. The molecule has 1 fully saturated rings. The lowest BCUT2D eigenvalue weighted by Crippen LogP contribution is -2.51. The number of piperazine rings is 1. The molecule has 0 saturated carbocycles. The number of nitrogens with one attached hydrogen (secondary N) is 1. The molecule has 0 radical (unpaired) electrons. The van der Waals surface area contributed by atoms with Crippen LogP contribution >= 0.6 is 0 Å². The van der Waals surface area contributed by atoms with Crippen LogP contribution in [0.4, 0.5) is 5.69 Å². The van der Waals surface area contributed by atoms with E-state index in [0.717, 1.165) is 37.3 Å². The first-order chi connectivity index (χ1) is 15.0. The number of rotatable bonds is 8. The van der Waals surface area contributed by atoms with Gasteiger partial charge in [-0.05, 0) is 37.6 Å². The molecule has 1 N–H and O–H groups in total. The summed E-state index contributed by atoms with van der Waals surface area (Å²) >= 11 is 0. The number of carbonyl (C=O) groups excluding carboxylic acids is 2. The number of aryl methyl sites for hydroxylation is 1. The first-order valence-electron chi connectivity index (χ1n) is 11.1. The maximum atomic E-state index is 13.2. The van der Waals surface area contributed by atoms with Gasteiger partial charge in [0.1, 0.15) is 0 Å². The zero-order valence-electron chi connectivity index (χ0n) is 18.9. The van der Waals surface area contributed by atoms with E-state index in [4.69, 9.17) is 0 Å². The van der Waals surface area contributed by atoms with Gasteiger partial charge in [-0.3, -0.25) is 14.5 Å². The Morgan fingerprint density at radius 1 is 1.06 bits per heavy atom. The predicted octanol–water partition coefficient (Wildman–Crippen LogP) is 3.16. The molecule has 0 aromatic heterocycles. The van der Waals surface area contributed by atoms with Gasteiger partial charge in [0, 0.05) is 37.9 Å². The highest BCUT2D eigenvalue weighted by atomic mass is 16.2. The minimum Gasteiger partial charge on any atom is -0.332 e. The fourth-order valence-corrected chi connectivity index (χ4v) is 4.05. The molecule has 2 aromatic rings. The van der Waals surface area contributed by atoms with E-state index in [-0.39, 0.29) is 24.4 Å². The first kappa shape index (κ1) is 23.0. The van der Waals surface area contributed by atoms with Crippen LogP contribution in [0.5, 0.6) is 0 Å². The van der Waals surface area contributed by atoms with Crippen LogP contribution in [0.15, 0.2) is 54.6 Å². The van der Waals surface area contributed by atoms with Crippen LogP contribution in [0.1, 0.15) is 30.5 Å². The maximum Gasteiger partial charge on any atom is 0.244 e. The van der Waals surface area contributed by atoms with Crippen molar-refractivity contribution in [2.75, 3.05) is 51.6 Å². The van der Waals surface area contributed by atoms with E-state index in [2.05, 4.69) is 34.3 Å². The lowest BCUT2D eigenvalue weighted by Gasteiger charge is -2.40. The van der Waals surface area contributed by atoms with Crippen LogP contribution in [0.3, 0.4) is 0 Å². The molecule has 6 heteroatoms. The molecule has 1 aliphatic rings. The van der Waals surface area contributed by atoms with E-state index in [9.17, 15) is 9.59 Å². The Balaban J connectivity index is 1.66.